The monoisotopic (exact) mass is 175 g/mol. The Morgan fingerprint density at radius 1 is 1.36 bits per heavy atom. The van der Waals surface area contributed by atoms with E-state index >= 15 is 0 Å². The lowest BCUT2D eigenvalue weighted by Crippen LogP contribution is -2.52. The van der Waals surface area contributed by atoms with Crippen LogP contribution in [-0.2, 0) is 0 Å². The zero-order valence-electron chi connectivity index (χ0n) is 6.87. The summed E-state index contributed by atoms with van der Waals surface area (Å²) in [5.74, 6) is 0. The summed E-state index contributed by atoms with van der Waals surface area (Å²) in [7, 11) is 0. The molecule has 3 nitrogen and oxygen atoms in total. The first-order valence-corrected chi connectivity index (χ1v) is 3.64. The fourth-order valence-electron chi connectivity index (χ4n) is 1.33. The van der Waals surface area contributed by atoms with Crippen molar-refractivity contribution in [2.24, 2.45) is 0 Å². The molecule has 1 rings (SSSR count). The Labute approximate surface area is 73.8 Å². The average molecular weight is 176 g/mol. The number of halogens is 1. The molecule has 0 amide bonds. The highest BCUT2D eigenvalue weighted by Gasteiger charge is 2.22. The van der Waals surface area contributed by atoms with Crippen molar-refractivity contribution in [1.29, 1.82) is 5.26 Å². The van der Waals surface area contributed by atoms with Crippen LogP contribution in [0.2, 0.25) is 0 Å². The van der Waals surface area contributed by atoms with Crippen LogP contribution in [0.15, 0.2) is 0 Å². The molecule has 2 unspecified atom stereocenters. The van der Waals surface area contributed by atoms with Gasteiger partial charge in [-0.3, -0.25) is 0 Å². The Bertz CT molecular complexity index is 144. The fraction of sp³-hybridized carbons (Fsp3) is 0.857. The number of rotatable bonds is 0. The second kappa shape index (κ2) is 4.42. The van der Waals surface area contributed by atoms with Gasteiger partial charge in [-0.15, -0.1) is 12.4 Å². The molecule has 0 aromatic carbocycles. The Kier molecular flexibility index (Phi) is 4.24. The highest BCUT2D eigenvalue weighted by Crippen LogP contribution is 2.06. The second-order valence-corrected chi connectivity index (χ2v) is 2.86. The van der Waals surface area contributed by atoms with Gasteiger partial charge in [0, 0.05) is 25.2 Å². The normalized spacial score (nSPS) is 30.5. The number of nitriles is 1. The van der Waals surface area contributed by atoms with Gasteiger partial charge < -0.3 is 10.2 Å². The van der Waals surface area contributed by atoms with Crippen molar-refractivity contribution in [2.45, 2.75) is 25.9 Å². The van der Waals surface area contributed by atoms with Crippen molar-refractivity contribution in [3.05, 3.63) is 0 Å². The largest absolute Gasteiger partial charge is 0.313 e. The lowest BCUT2D eigenvalue weighted by molar-refractivity contribution is 0.190. The van der Waals surface area contributed by atoms with Crippen molar-refractivity contribution < 1.29 is 0 Å². The van der Waals surface area contributed by atoms with Gasteiger partial charge in [-0.1, -0.05) is 0 Å². The molecule has 11 heavy (non-hydrogen) atoms. The highest BCUT2D eigenvalue weighted by molar-refractivity contribution is 5.85. The van der Waals surface area contributed by atoms with E-state index < -0.39 is 0 Å². The molecule has 4 heteroatoms. The molecule has 0 aromatic heterocycles. The van der Waals surface area contributed by atoms with Crippen molar-refractivity contribution in [1.82, 2.24) is 10.2 Å². The number of nitrogens with one attached hydrogen (secondary N) is 1. The van der Waals surface area contributed by atoms with Gasteiger partial charge in [0.1, 0.15) is 0 Å². The van der Waals surface area contributed by atoms with Crippen LogP contribution in [0.3, 0.4) is 0 Å². The molecular formula is C7H14ClN3. The molecule has 0 bridgehead atoms. The molecule has 0 aromatic rings. The maximum Gasteiger partial charge on any atom is 0.179 e. The van der Waals surface area contributed by atoms with Gasteiger partial charge in [-0.2, -0.15) is 5.26 Å². The molecule has 1 aliphatic heterocycles. The zero-order chi connectivity index (χ0) is 7.56. The maximum absolute atomic E-state index is 8.68. The summed E-state index contributed by atoms with van der Waals surface area (Å²) in [4.78, 5) is 1.84. The van der Waals surface area contributed by atoms with Crippen LogP contribution in [0.4, 0.5) is 0 Å². The first-order valence-electron chi connectivity index (χ1n) is 3.64. The SMILES string of the molecule is CC1CNCC(C)N1C#N.Cl. The van der Waals surface area contributed by atoms with Crippen LogP contribution in [-0.4, -0.2) is 30.1 Å². The van der Waals surface area contributed by atoms with Crippen LogP contribution >= 0.6 is 12.4 Å². The van der Waals surface area contributed by atoms with E-state index in [9.17, 15) is 0 Å². The minimum Gasteiger partial charge on any atom is -0.313 e. The quantitative estimate of drug-likeness (QED) is 0.548. The molecule has 1 N–H and O–H groups in total. The fourth-order valence-corrected chi connectivity index (χ4v) is 1.33. The van der Waals surface area contributed by atoms with Crippen LogP contribution in [0, 0.1) is 11.5 Å². The summed E-state index contributed by atoms with van der Waals surface area (Å²) in [5.41, 5.74) is 0. The van der Waals surface area contributed by atoms with Gasteiger partial charge in [0.05, 0.1) is 0 Å². The predicted octanol–water partition coefficient (Wildman–Crippen LogP) is 0.571. The van der Waals surface area contributed by atoms with Crippen LogP contribution in [0.5, 0.6) is 0 Å². The summed E-state index contributed by atoms with van der Waals surface area (Å²) < 4.78 is 0. The van der Waals surface area contributed by atoms with Gasteiger partial charge in [-0.05, 0) is 13.8 Å². The van der Waals surface area contributed by atoms with E-state index in [1.807, 2.05) is 4.90 Å². The van der Waals surface area contributed by atoms with E-state index in [0.717, 1.165) is 13.1 Å². The third kappa shape index (κ3) is 2.25. The minimum absolute atomic E-state index is 0. The highest BCUT2D eigenvalue weighted by atomic mass is 35.5. The number of hydrogen-bond acceptors (Lipinski definition) is 3. The summed E-state index contributed by atoms with van der Waals surface area (Å²) in [6, 6.07) is 0.711. The summed E-state index contributed by atoms with van der Waals surface area (Å²) in [6.07, 6.45) is 2.20. The molecule has 1 heterocycles. The molecule has 0 aliphatic carbocycles. The lowest BCUT2D eigenvalue weighted by Gasteiger charge is -2.34. The number of piperazine rings is 1. The molecule has 0 spiro atoms. The molecule has 64 valence electrons. The Balaban J connectivity index is 0.000001000. The first-order chi connectivity index (χ1) is 4.75. The molecule has 1 fully saturated rings. The van der Waals surface area contributed by atoms with Crippen molar-refractivity contribution in [3.8, 4) is 6.19 Å². The van der Waals surface area contributed by atoms with Crippen LogP contribution in [0.1, 0.15) is 13.8 Å². The van der Waals surface area contributed by atoms with Crippen molar-refractivity contribution in [3.63, 3.8) is 0 Å². The smallest absolute Gasteiger partial charge is 0.179 e. The van der Waals surface area contributed by atoms with E-state index in [1.165, 1.54) is 0 Å². The van der Waals surface area contributed by atoms with Crippen LogP contribution < -0.4 is 5.32 Å². The van der Waals surface area contributed by atoms with E-state index in [0.29, 0.717) is 12.1 Å². The Hall–Kier alpha value is -0.460. The predicted molar refractivity (Wildman–Crippen MR) is 46.5 cm³/mol. The molecule has 0 radical (unpaired) electrons. The second-order valence-electron chi connectivity index (χ2n) is 2.86. The van der Waals surface area contributed by atoms with E-state index in [4.69, 9.17) is 5.26 Å². The summed E-state index contributed by atoms with van der Waals surface area (Å²) in [5, 5.41) is 11.9. The van der Waals surface area contributed by atoms with E-state index in [-0.39, 0.29) is 12.4 Å². The van der Waals surface area contributed by atoms with Gasteiger partial charge in [0.15, 0.2) is 6.19 Å². The van der Waals surface area contributed by atoms with Gasteiger partial charge in [-0.25, -0.2) is 0 Å². The number of hydrogen-bond donors (Lipinski definition) is 1. The third-order valence-electron chi connectivity index (χ3n) is 1.94. The Morgan fingerprint density at radius 3 is 2.09 bits per heavy atom. The van der Waals surface area contributed by atoms with Gasteiger partial charge in [0.25, 0.3) is 0 Å². The standard InChI is InChI=1S/C7H13N3.ClH/c1-6-3-9-4-7(2)10(6)5-8;/h6-7,9H,3-4H2,1-2H3;1H. The summed E-state index contributed by atoms with van der Waals surface area (Å²) >= 11 is 0. The first kappa shape index (κ1) is 10.5. The van der Waals surface area contributed by atoms with Gasteiger partial charge >= 0.3 is 0 Å². The molecule has 2 atom stereocenters. The van der Waals surface area contributed by atoms with Crippen molar-refractivity contribution in [2.75, 3.05) is 13.1 Å². The molecule has 1 aliphatic rings. The third-order valence-corrected chi connectivity index (χ3v) is 1.94. The lowest BCUT2D eigenvalue weighted by atomic mass is 10.1. The molecular weight excluding hydrogens is 162 g/mol. The average Bonchev–Trinajstić information content (AvgIpc) is 1.88. The summed E-state index contributed by atoms with van der Waals surface area (Å²) in [6.45, 7) is 5.98. The Morgan fingerprint density at radius 2 is 1.82 bits per heavy atom. The minimum atomic E-state index is 0. The molecule has 1 saturated heterocycles. The van der Waals surface area contributed by atoms with E-state index in [2.05, 4.69) is 25.4 Å². The molecule has 0 saturated carbocycles. The van der Waals surface area contributed by atoms with E-state index in [1.54, 1.807) is 0 Å². The van der Waals surface area contributed by atoms with Gasteiger partial charge in [0.2, 0.25) is 0 Å². The maximum atomic E-state index is 8.68. The number of nitrogens with zero attached hydrogens (tertiary/aromatic N) is 2. The topological polar surface area (TPSA) is 39.1 Å². The zero-order valence-corrected chi connectivity index (χ0v) is 7.69. The van der Waals surface area contributed by atoms with Crippen molar-refractivity contribution >= 4 is 12.4 Å². The van der Waals surface area contributed by atoms with Crippen LogP contribution in [0.25, 0.3) is 0 Å².